The summed E-state index contributed by atoms with van der Waals surface area (Å²) in [5.74, 6) is 0.929. The second kappa shape index (κ2) is 24.3. The summed E-state index contributed by atoms with van der Waals surface area (Å²) < 4.78 is 11.8. The molecule has 0 saturated heterocycles. The molecule has 0 spiro atoms. The van der Waals surface area contributed by atoms with Gasteiger partial charge in [0.1, 0.15) is 11.2 Å². The van der Waals surface area contributed by atoms with Crippen LogP contribution in [0.15, 0.2) is 349 Å². The molecule has 0 amide bonds. The highest BCUT2D eigenvalue weighted by Crippen LogP contribution is 2.51. The molecule has 15 aromatic carbocycles. The maximum atomic E-state index is 6.65. The van der Waals surface area contributed by atoms with E-state index in [0.717, 1.165) is 90.5 Å². The van der Waals surface area contributed by atoms with E-state index in [1.807, 2.05) is 40.5 Å². The number of furan rings is 1. The predicted molar refractivity (Wildman–Crippen MR) is 424 cm³/mol. The number of thiophene rings is 2. The highest BCUT2D eigenvalue weighted by atomic mass is 32.2. The van der Waals surface area contributed by atoms with Gasteiger partial charge in [-0.1, -0.05) is 224 Å². The third kappa shape index (κ3) is 10.3. The van der Waals surface area contributed by atoms with Gasteiger partial charge in [0.15, 0.2) is 0 Å². The largest absolute Gasteiger partial charge is 0.456 e. The van der Waals surface area contributed by atoms with E-state index in [1.165, 1.54) is 106 Å². The molecule has 0 atom stereocenters. The summed E-state index contributed by atoms with van der Waals surface area (Å²) in [5.41, 5.74) is 21.2. The van der Waals surface area contributed by atoms with E-state index < -0.39 is 0 Å². The first kappa shape index (κ1) is 57.9. The van der Waals surface area contributed by atoms with Crippen LogP contribution in [0.3, 0.4) is 0 Å². The third-order valence-electron chi connectivity index (χ3n) is 19.6. The van der Waals surface area contributed by atoms with E-state index in [-0.39, 0.29) is 0 Å². The first-order valence-electron chi connectivity index (χ1n) is 33.4. The highest BCUT2D eigenvalue weighted by Gasteiger charge is 2.25. The number of thioether (sulfide) groups is 1. The average molecular weight is 1310 g/mol. The minimum Gasteiger partial charge on any atom is -0.456 e. The molecular formula is C92H60N2OS3. The van der Waals surface area contributed by atoms with Gasteiger partial charge < -0.3 is 14.2 Å². The Bertz CT molecular complexity index is 6250. The van der Waals surface area contributed by atoms with Crippen molar-refractivity contribution < 1.29 is 4.42 Å². The van der Waals surface area contributed by atoms with Crippen LogP contribution in [-0.2, 0) is 6.42 Å². The minimum atomic E-state index is 0.849. The zero-order chi connectivity index (χ0) is 64.6. The van der Waals surface area contributed by atoms with E-state index in [4.69, 9.17) is 4.42 Å². The summed E-state index contributed by atoms with van der Waals surface area (Å²) in [4.78, 5) is 6.25. The average Bonchev–Trinajstić information content (AvgIpc) is 0.817. The quantitative estimate of drug-likeness (QED) is 0.129. The number of anilines is 6. The van der Waals surface area contributed by atoms with Gasteiger partial charge in [0.05, 0.1) is 11.4 Å². The molecule has 0 bridgehead atoms. The Balaban J connectivity index is 0.734. The van der Waals surface area contributed by atoms with Gasteiger partial charge in [-0.2, -0.15) is 0 Å². The van der Waals surface area contributed by atoms with E-state index in [0.29, 0.717) is 0 Å². The van der Waals surface area contributed by atoms with Crippen molar-refractivity contribution in [3.63, 3.8) is 0 Å². The van der Waals surface area contributed by atoms with Crippen LogP contribution in [0.1, 0.15) is 5.56 Å². The molecule has 6 heteroatoms. The molecule has 1 aliphatic rings. The van der Waals surface area contributed by atoms with Gasteiger partial charge in [0.2, 0.25) is 0 Å². The van der Waals surface area contributed by atoms with Crippen LogP contribution in [-0.4, -0.2) is 5.75 Å². The zero-order valence-electron chi connectivity index (χ0n) is 53.3. The van der Waals surface area contributed by atoms with Gasteiger partial charge in [0.25, 0.3) is 0 Å². The highest BCUT2D eigenvalue weighted by molar-refractivity contribution is 7.99. The second-order valence-corrected chi connectivity index (χ2v) is 28.6. The van der Waals surface area contributed by atoms with Crippen molar-refractivity contribution in [1.29, 1.82) is 0 Å². The molecule has 18 aromatic rings. The maximum Gasteiger partial charge on any atom is 0.137 e. The number of nitrogens with zero attached hydrogens (tertiary/aromatic N) is 2. The number of benzene rings is 15. The molecule has 0 fully saturated rings. The van der Waals surface area contributed by atoms with Crippen molar-refractivity contribution in [3.05, 3.63) is 345 Å². The molecule has 3 nitrogen and oxygen atoms in total. The molecular weight excluding hydrogens is 1250 g/mol. The fraction of sp³-hybridized carbons (Fsp3) is 0.0217. The third-order valence-corrected chi connectivity index (χ3v) is 22.9. The standard InChI is InChI=1S/C92H60N2OS3/c1-2-15-51-96-86-49-40-68(53-67(86)21-4-1)91-75-44-37-65(52-66(75)39-48-83(91)94(71-25-16-22-63(54-71)59-18-5-3-6-19-59)73-43-46-80-78-28-10-13-31-87(78)98-90(80)58-73)61-35-33-60(34-36-61)64-23-17-24-70(55-64)93(72-42-45-77-76-27-9-12-30-84(76)95-85(77)57-72)82-47-38-62-20-7-8-26-74(62)92(82)69-41-50-89-81(56-69)79-29-11-14-32-88(79)97-89/h1-20,22-50,52-58H,21,51H2/b4-1-,15-2-. The molecule has 4 heterocycles. The van der Waals surface area contributed by atoms with Crippen LogP contribution in [0.2, 0.25) is 0 Å². The fourth-order valence-corrected chi connectivity index (χ4v) is 18.0. The molecule has 0 radical (unpaired) electrons. The van der Waals surface area contributed by atoms with E-state index >= 15 is 0 Å². The molecule has 1 aliphatic heterocycles. The number of rotatable bonds is 11. The van der Waals surface area contributed by atoms with Crippen LogP contribution in [0, 0.1) is 0 Å². The van der Waals surface area contributed by atoms with Gasteiger partial charge in [-0.3, -0.25) is 0 Å². The lowest BCUT2D eigenvalue weighted by molar-refractivity contribution is 0.669. The lowest BCUT2D eigenvalue weighted by Crippen LogP contribution is -2.11. The zero-order valence-corrected chi connectivity index (χ0v) is 55.7. The molecule has 3 aromatic heterocycles. The van der Waals surface area contributed by atoms with Crippen LogP contribution >= 0.6 is 34.4 Å². The van der Waals surface area contributed by atoms with Crippen molar-refractivity contribution in [2.24, 2.45) is 0 Å². The van der Waals surface area contributed by atoms with Crippen molar-refractivity contribution >= 4 is 152 Å². The lowest BCUT2D eigenvalue weighted by Gasteiger charge is -2.29. The van der Waals surface area contributed by atoms with Gasteiger partial charge in [0, 0.05) is 102 Å². The molecule has 0 aliphatic carbocycles. The first-order chi connectivity index (χ1) is 48.5. The Kier molecular flexibility index (Phi) is 14.4. The molecule has 98 heavy (non-hydrogen) atoms. The van der Waals surface area contributed by atoms with Crippen molar-refractivity contribution in [2.75, 3.05) is 15.6 Å². The second-order valence-electron chi connectivity index (χ2n) is 25.4. The van der Waals surface area contributed by atoms with Crippen LogP contribution in [0.25, 0.3) is 139 Å². The predicted octanol–water partition coefficient (Wildman–Crippen LogP) is 27.7. The topological polar surface area (TPSA) is 19.6 Å². The Morgan fingerprint density at radius 3 is 1.53 bits per heavy atom. The normalized spacial score (nSPS) is 13.1. The Morgan fingerprint density at radius 2 is 0.776 bits per heavy atom. The Morgan fingerprint density at radius 1 is 0.276 bits per heavy atom. The summed E-state index contributed by atoms with van der Waals surface area (Å²) >= 11 is 5.63. The Hall–Kier alpha value is -11.5. The van der Waals surface area contributed by atoms with Gasteiger partial charge >= 0.3 is 0 Å². The molecule has 0 N–H and O–H groups in total. The first-order valence-corrected chi connectivity index (χ1v) is 36.0. The van der Waals surface area contributed by atoms with Crippen LogP contribution in [0.5, 0.6) is 0 Å². The maximum absolute atomic E-state index is 6.65. The summed E-state index contributed by atoms with van der Waals surface area (Å²) in [7, 11) is 0. The monoisotopic (exact) mass is 1300 g/mol. The number of fused-ring (bicyclic) bond motifs is 12. The molecule has 19 rings (SSSR count). The van der Waals surface area contributed by atoms with E-state index in [1.54, 1.807) is 0 Å². The number of hydrogen-bond donors (Lipinski definition) is 0. The summed E-state index contributed by atoms with van der Waals surface area (Å²) in [5, 5.41) is 12.1. The summed E-state index contributed by atoms with van der Waals surface area (Å²) in [6.07, 6.45) is 9.77. The fourth-order valence-electron chi connectivity index (χ4n) is 14.9. The Labute approximate surface area is 580 Å². The lowest BCUT2D eigenvalue weighted by atomic mass is 9.91. The number of para-hydroxylation sites is 1. The van der Waals surface area contributed by atoms with Gasteiger partial charge in [-0.25, -0.2) is 0 Å². The number of allylic oxidation sites excluding steroid dienone is 3. The molecule has 462 valence electrons. The van der Waals surface area contributed by atoms with Crippen LogP contribution < -0.4 is 9.80 Å². The molecule has 0 saturated carbocycles. The van der Waals surface area contributed by atoms with Crippen molar-refractivity contribution in [3.8, 4) is 55.6 Å². The van der Waals surface area contributed by atoms with Gasteiger partial charge in [-0.15, -0.1) is 34.4 Å². The van der Waals surface area contributed by atoms with Crippen molar-refractivity contribution in [2.45, 2.75) is 11.3 Å². The number of hydrogen-bond acceptors (Lipinski definition) is 6. The summed E-state index contributed by atoms with van der Waals surface area (Å²) in [6, 6.07) is 117. The van der Waals surface area contributed by atoms with E-state index in [2.05, 4.69) is 343 Å². The van der Waals surface area contributed by atoms with Crippen molar-refractivity contribution in [1.82, 2.24) is 0 Å². The SMILES string of the molecule is C1=C\CSc2ccc(-c3c(N(c4cccc(-c5ccccc5)c4)c4ccc5c(c4)sc4ccccc45)ccc4cc(-c5ccc(-c6cccc(N(c7ccc8c(c7)oc7ccccc78)c7ccc8ccccc8c7-c7ccc8sc9ccccc9c8c7)c6)cc5)ccc34)cc2C\C=C/1. The smallest absolute Gasteiger partial charge is 0.137 e. The molecule has 0 unspecified atom stereocenters. The van der Waals surface area contributed by atoms with Gasteiger partial charge in [-0.05, 0) is 187 Å². The van der Waals surface area contributed by atoms with E-state index in [9.17, 15) is 0 Å². The minimum absolute atomic E-state index is 0.849. The summed E-state index contributed by atoms with van der Waals surface area (Å²) in [6.45, 7) is 0. The van der Waals surface area contributed by atoms with Crippen LogP contribution in [0.4, 0.5) is 34.1 Å².